The maximum atomic E-state index is 12.2. The molecule has 1 aromatic heterocycles. The summed E-state index contributed by atoms with van der Waals surface area (Å²) in [5.74, 6) is -0.00178. The molecule has 0 radical (unpaired) electrons. The fraction of sp³-hybridized carbons (Fsp3) is 0.571. The van der Waals surface area contributed by atoms with Crippen molar-refractivity contribution in [3.05, 3.63) is 28.5 Å². The molecule has 98 valence electrons. The first-order valence-corrected chi connectivity index (χ1v) is 7.21. The molecule has 1 aliphatic carbocycles. The molecule has 4 heteroatoms. The molecule has 3 nitrogen and oxygen atoms in total. The summed E-state index contributed by atoms with van der Waals surface area (Å²) in [5.41, 5.74) is 0.858. The number of nitrogens with one attached hydrogen (secondary N) is 1. The zero-order valence-electron chi connectivity index (χ0n) is 10.9. The first kappa shape index (κ1) is 13.5. The van der Waals surface area contributed by atoms with Crippen molar-refractivity contribution in [1.29, 1.82) is 0 Å². The molecule has 1 saturated carbocycles. The van der Waals surface area contributed by atoms with Crippen molar-refractivity contribution in [2.75, 3.05) is 0 Å². The highest BCUT2D eigenvalue weighted by atomic mass is 79.9. The molecule has 18 heavy (non-hydrogen) atoms. The van der Waals surface area contributed by atoms with Crippen LogP contribution in [-0.2, 0) is 0 Å². The maximum Gasteiger partial charge on any atom is 0.251 e. The van der Waals surface area contributed by atoms with Crippen LogP contribution >= 0.6 is 15.9 Å². The minimum Gasteiger partial charge on any atom is -0.349 e. The maximum absolute atomic E-state index is 12.2. The van der Waals surface area contributed by atoms with Crippen molar-refractivity contribution in [2.24, 2.45) is 5.41 Å². The summed E-state index contributed by atoms with van der Waals surface area (Å²) < 4.78 is 0.693. The Balaban J connectivity index is 2.07. The Labute approximate surface area is 117 Å². The lowest BCUT2D eigenvalue weighted by Crippen LogP contribution is -2.46. The van der Waals surface area contributed by atoms with Crippen LogP contribution in [0.5, 0.6) is 0 Å². The number of aromatic nitrogens is 1. The van der Waals surface area contributed by atoms with Crippen LogP contribution < -0.4 is 5.32 Å². The van der Waals surface area contributed by atoms with E-state index in [-0.39, 0.29) is 17.4 Å². The second-order valence-corrected chi connectivity index (χ2v) is 6.44. The van der Waals surface area contributed by atoms with Crippen molar-refractivity contribution in [1.82, 2.24) is 10.3 Å². The van der Waals surface area contributed by atoms with Gasteiger partial charge in [-0.2, -0.15) is 0 Å². The molecule has 0 spiro atoms. The number of hydrogen-bond acceptors (Lipinski definition) is 2. The van der Waals surface area contributed by atoms with Crippen LogP contribution in [0.15, 0.2) is 22.9 Å². The molecule has 1 N–H and O–H groups in total. The van der Waals surface area contributed by atoms with Crippen LogP contribution in [0.25, 0.3) is 0 Å². The molecule has 0 aromatic carbocycles. The van der Waals surface area contributed by atoms with Crippen LogP contribution in [0.4, 0.5) is 0 Å². The van der Waals surface area contributed by atoms with Crippen molar-refractivity contribution in [3.8, 4) is 0 Å². The first-order valence-electron chi connectivity index (χ1n) is 6.41. The molecule has 1 aliphatic rings. The third-order valence-corrected chi connectivity index (χ3v) is 4.23. The second kappa shape index (κ2) is 5.39. The Morgan fingerprint density at radius 1 is 1.50 bits per heavy atom. The van der Waals surface area contributed by atoms with Crippen LogP contribution in [0.2, 0.25) is 0 Å². The number of amides is 1. The van der Waals surface area contributed by atoms with Gasteiger partial charge in [-0.25, -0.2) is 4.98 Å². The van der Waals surface area contributed by atoms with Crippen LogP contribution in [0, 0.1) is 5.41 Å². The van der Waals surface area contributed by atoms with Gasteiger partial charge in [-0.1, -0.05) is 26.7 Å². The smallest absolute Gasteiger partial charge is 0.251 e. The predicted octanol–water partition coefficient (Wildman–Crippen LogP) is 3.54. The standard InChI is InChI=1S/C14H19BrN2O/c1-14(2)7-4-3-5-11(14)17-13(18)10-6-8-16-12(15)9-10/h6,8-9,11H,3-5,7H2,1-2H3,(H,17,18). The van der Waals surface area contributed by atoms with Crippen LogP contribution in [-0.4, -0.2) is 16.9 Å². The summed E-state index contributed by atoms with van der Waals surface area (Å²) in [7, 11) is 0. The average Bonchev–Trinajstić information content (AvgIpc) is 2.31. The summed E-state index contributed by atoms with van der Waals surface area (Å²) in [6.45, 7) is 4.47. The highest BCUT2D eigenvalue weighted by Gasteiger charge is 2.33. The second-order valence-electron chi connectivity index (χ2n) is 5.63. The van der Waals surface area contributed by atoms with E-state index in [1.54, 1.807) is 18.3 Å². The lowest BCUT2D eigenvalue weighted by molar-refractivity contribution is 0.0853. The third-order valence-electron chi connectivity index (χ3n) is 3.80. The van der Waals surface area contributed by atoms with Crippen LogP contribution in [0.1, 0.15) is 49.9 Å². The van der Waals surface area contributed by atoms with E-state index in [0.29, 0.717) is 10.2 Å². The average molecular weight is 311 g/mol. The molecule has 0 bridgehead atoms. The van der Waals surface area contributed by atoms with Gasteiger partial charge in [0.1, 0.15) is 4.60 Å². The minimum atomic E-state index is -0.00178. The van der Waals surface area contributed by atoms with Crippen molar-refractivity contribution >= 4 is 21.8 Å². The van der Waals surface area contributed by atoms with Gasteiger partial charge in [0, 0.05) is 17.8 Å². The fourth-order valence-electron chi connectivity index (χ4n) is 2.55. The zero-order valence-corrected chi connectivity index (χ0v) is 12.5. The third kappa shape index (κ3) is 3.10. The van der Waals surface area contributed by atoms with E-state index in [2.05, 4.69) is 40.1 Å². The van der Waals surface area contributed by atoms with Crippen LogP contribution in [0.3, 0.4) is 0 Å². The summed E-state index contributed by atoms with van der Waals surface area (Å²) in [6, 6.07) is 3.77. The number of nitrogens with zero attached hydrogens (tertiary/aromatic N) is 1. The molecule has 1 aromatic rings. The highest BCUT2D eigenvalue weighted by Crippen LogP contribution is 2.35. The van der Waals surface area contributed by atoms with Gasteiger partial charge in [-0.05, 0) is 46.3 Å². The number of carbonyl (C=O) groups excluding carboxylic acids is 1. The molecule has 0 saturated heterocycles. The largest absolute Gasteiger partial charge is 0.349 e. The van der Waals surface area contributed by atoms with E-state index >= 15 is 0 Å². The van der Waals surface area contributed by atoms with Gasteiger partial charge in [0.15, 0.2) is 0 Å². The molecular weight excluding hydrogens is 292 g/mol. The zero-order chi connectivity index (χ0) is 13.2. The van der Waals surface area contributed by atoms with Gasteiger partial charge in [0.05, 0.1) is 0 Å². The SMILES string of the molecule is CC1(C)CCCCC1NC(=O)c1ccnc(Br)c1. The van der Waals surface area contributed by atoms with E-state index < -0.39 is 0 Å². The van der Waals surface area contributed by atoms with Gasteiger partial charge in [0.2, 0.25) is 0 Å². The summed E-state index contributed by atoms with van der Waals surface area (Å²) in [4.78, 5) is 16.2. The van der Waals surface area contributed by atoms with Crippen molar-refractivity contribution in [2.45, 2.75) is 45.6 Å². The number of hydrogen-bond donors (Lipinski definition) is 1. The van der Waals surface area contributed by atoms with Gasteiger partial charge in [-0.3, -0.25) is 4.79 Å². The fourth-order valence-corrected chi connectivity index (χ4v) is 2.91. The van der Waals surface area contributed by atoms with E-state index in [4.69, 9.17) is 0 Å². The molecule has 1 atom stereocenters. The summed E-state index contributed by atoms with van der Waals surface area (Å²) >= 11 is 3.29. The molecule has 1 fully saturated rings. The predicted molar refractivity (Wildman–Crippen MR) is 75.4 cm³/mol. The number of halogens is 1. The Bertz CT molecular complexity index is 445. The number of rotatable bonds is 2. The summed E-state index contributed by atoms with van der Waals surface area (Å²) in [5, 5.41) is 3.17. The molecule has 0 aliphatic heterocycles. The van der Waals surface area contributed by atoms with E-state index in [1.807, 2.05) is 0 Å². The van der Waals surface area contributed by atoms with E-state index in [9.17, 15) is 4.79 Å². The first-order chi connectivity index (χ1) is 8.49. The van der Waals surface area contributed by atoms with Crippen molar-refractivity contribution in [3.63, 3.8) is 0 Å². The number of carbonyl (C=O) groups is 1. The topological polar surface area (TPSA) is 42.0 Å². The molecule has 2 rings (SSSR count). The Hall–Kier alpha value is -0.900. The number of pyridine rings is 1. The van der Waals surface area contributed by atoms with Gasteiger partial charge < -0.3 is 5.32 Å². The van der Waals surface area contributed by atoms with E-state index in [0.717, 1.165) is 6.42 Å². The van der Waals surface area contributed by atoms with Gasteiger partial charge in [0.25, 0.3) is 5.91 Å². The Morgan fingerprint density at radius 2 is 2.28 bits per heavy atom. The molecule has 1 amide bonds. The van der Waals surface area contributed by atoms with Gasteiger partial charge >= 0.3 is 0 Å². The summed E-state index contributed by atoms with van der Waals surface area (Å²) in [6.07, 6.45) is 6.36. The highest BCUT2D eigenvalue weighted by molar-refractivity contribution is 9.10. The van der Waals surface area contributed by atoms with Gasteiger partial charge in [-0.15, -0.1) is 0 Å². The Morgan fingerprint density at radius 3 is 2.94 bits per heavy atom. The monoisotopic (exact) mass is 310 g/mol. The lowest BCUT2D eigenvalue weighted by atomic mass is 9.73. The normalized spacial score (nSPS) is 22.5. The quantitative estimate of drug-likeness (QED) is 0.849. The van der Waals surface area contributed by atoms with E-state index in [1.165, 1.54) is 19.3 Å². The van der Waals surface area contributed by atoms with Crippen molar-refractivity contribution < 1.29 is 4.79 Å². The Kier molecular flexibility index (Phi) is 4.05. The molecular formula is C14H19BrN2O. The minimum absolute atomic E-state index is 0.00178. The molecule has 1 heterocycles. The lowest BCUT2D eigenvalue weighted by Gasteiger charge is -2.39. The molecule has 1 unspecified atom stereocenters.